The number of aliphatic hydroxyl groups is 1. The minimum atomic E-state index is -3.79. The molecule has 0 saturated carbocycles. The number of sulfonamides is 1. The molecule has 10 nitrogen and oxygen atoms in total. The molecule has 13 heteroatoms. The second kappa shape index (κ2) is 10.9. The molecule has 0 fully saturated rings. The predicted octanol–water partition coefficient (Wildman–Crippen LogP) is 3.50. The summed E-state index contributed by atoms with van der Waals surface area (Å²) in [5, 5.41) is 10.7. The number of thioether (sulfide) groups is 1. The van der Waals surface area contributed by atoms with Gasteiger partial charge in [0.1, 0.15) is 34.7 Å². The largest absolute Gasteiger partial charge is 0.549 e. The summed E-state index contributed by atoms with van der Waals surface area (Å²) in [6, 6.07) is 0.823. The molecule has 1 aliphatic heterocycles. The molecule has 3 atom stereocenters. The Hall–Kier alpha value is -1.80. The van der Waals surface area contributed by atoms with Crippen LogP contribution >= 0.6 is 22.9 Å². The number of furan rings is 1. The van der Waals surface area contributed by atoms with Crippen LogP contribution in [0.4, 0.5) is 0 Å². The lowest BCUT2D eigenvalue weighted by Gasteiger charge is -2.18. The van der Waals surface area contributed by atoms with E-state index in [1.807, 2.05) is 19.9 Å². The number of nitrogens with zero attached hydrogens (tertiary/aromatic N) is 3. The molecule has 190 valence electrons. The van der Waals surface area contributed by atoms with Gasteiger partial charge in [-0.25, -0.2) is 18.4 Å². The summed E-state index contributed by atoms with van der Waals surface area (Å²) in [5.41, 5.74) is 1.55. The number of aliphatic hydroxyl groups excluding tert-OH is 1. The van der Waals surface area contributed by atoms with Gasteiger partial charge in [0.15, 0.2) is 4.24 Å². The van der Waals surface area contributed by atoms with Gasteiger partial charge in [-0.05, 0) is 23.5 Å². The Labute approximate surface area is 207 Å². The van der Waals surface area contributed by atoms with Crippen LogP contribution in [0.3, 0.4) is 0 Å². The van der Waals surface area contributed by atoms with Crippen molar-refractivity contribution in [2.24, 2.45) is 15.9 Å². The van der Waals surface area contributed by atoms with Crippen molar-refractivity contribution in [1.29, 1.82) is 0 Å². The van der Waals surface area contributed by atoms with Crippen LogP contribution in [0.5, 0.6) is 0 Å². The Balaban J connectivity index is 2.04. The molecule has 0 amide bonds. The molecular weight excluding hydrogens is 498 g/mol. The molecule has 0 aliphatic carbocycles. The average molecular weight is 532 g/mol. The molecule has 0 spiro atoms. The summed E-state index contributed by atoms with van der Waals surface area (Å²) in [6.45, 7) is 12.3. The van der Waals surface area contributed by atoms with E-state index in [0.29, 0.717) is 24.8 Å². The van der Waals surface area contributed by atoms with Crippen molar-refractivity contribution in [2.75, 3.05) is 18.8 Å². The van der Waals surface area contributed by atoms with Crippen LogP contribution in [0.1, 0.15) is 64.8 Å². The van der Waals surface area contributed by atoms with E-state index in [-0.39, 0.29) is 38.7 Å². The van der Waals surface area contributed by atoms with Gasteiger partial charge in [0.2, 0.25) is 11.0 Å². The fraction of sp³-hybridized carbons (Fsp3) is 0.619. The van der Waals surface area contributed by atoms with Crippen LogP contribution < -0.4 is 11.0 Å². The Kier molecular flexibility index (Phi) is 8.56. The van der Waals surface area contributed by atoms with E-state index < -0.39 is 27.2 Å². The smallest absolute Gasteiger partial charge is 0.252 e. The van der Waals surface area contributed by atoms with Crippen LogP contribution in [-0.4, -0.2) is 56.0 Å². The van der Waals surface area contributed by atoms with Crippen molar-refractivity contribution in [3.63, 3.8) is 0 Å². The SMILES string of the molecule is CCN(CC)S(=O)(=O)C1=C(O)C(N=c2[nH][s+]([O-])[nH]c2=N[C@@H](c2cc(C(C)C)co2)C(C)C)CS1. The second-order valence-electron chi connectivity index (χ2n) is 8.64. The lowest BCUT2D eigenvalue weighted by atomic mass is 10.0. The third kappa shape index (κ3) is 5.54. The molecule has 0 radical (unpaired) electrons. The van der Waals surface area contributed by atoms with Gasteiger partial charge in [-0.15, -0.1) is 11.8 Å². The first-order valence-electron chi connectivity index (χ1n) is 11.2. The Morgan fingerprint density at radius 3 is 2.47 bits per heavy atom. The normalized spacial score (nSPS) is 19.9. The van der Waals surface area contributed by atoms with Crippen molar-refractivity contribution in [2.45, 2.75) is 59.5 Å². The van der Waals surface area contributed by atoms with Gasteiger partial charge in [0.05, 0.1) is 6.26 Å². The molecule has 3 rings (SSSR count). The van der Waals surface area contributed by atoms with E-state index in [9.17, 15) is 18.1 Å². The lowest BCUT2D eigenvalue weighted by molar-refractivity contribution is 0.375. The summed E-state index contributed by atoms with van der Waals surface area (Å²) in [7, 11) is -3.79. The zero-order valence-corrected chi connectivity index (χ0v) is 22.7. The van der Waals surface area contributed by atoms with E-state index in [4.69, 9.17) is 9.41 Å². The van der Waals surface area contributed by atoms with Crippen LogP contribution in [0.15, 0.2) is 36.7 Å². The van der Waals surface area contributed by atoms with Crippen LogP contribution in [0.2, 0.25) is 0 Å². The monoisotopic (exact) mass is 531 g/mol. The van der Waals surface area contributed by atoms with Gasteiger partial charge >= 0.3 is 0 Å². The highest BCUT2D eigenvalue weighted by atomic mass is 32.3. The van der Waals surface area contributed by atoms with Gasteiger partial charge in [0.25, 0.3) is 10.0 Å². The highest BCUT2D eigenvalue weighted by Gasteiger charge is 2.36. The third-order valence-corrected chi connectivity index (χ3v) is 10.1. The molecule has 0 aromatic carbocycles. The average Bonchev–Trinajstić information content (AvgIpc) is 3.46. The summed E-state index contributed by atoms with van der Waals surface area (Å²) < 4.78 is 50.4. The molecule has 3 N–H and O–H groups in total. The highest BCUT2D eigenvalue weighted by Crippen LogP contribution is 2.37. The number of rotatable bonds is 9. The van der Waals surface area contributed by atoms with Crippen LogP contribution in [0, 0.1) is 5.92 Å². The molecule has 0 saturated heterocycles. The molecule has 1 aliphatic rings. The van der Waals surface area contributed by atoms with Crippen LogP contribution in [0.25, 0.3) is 0 Å². The third-order valence-electron chi connectivity index (χ3n) is 5.56. The molecule has 2 aromatic heterocycles. The lowest BCUT2D eigenvalue weighted by Crippen LogP contribution is -2.31. The maximum Gasteiger partial charge on any atom is 0.252 e. The summed E-state index contributed by atoms with van der Waals surface area (Å²) in [6.07, 6.45) is 1.72. The van der Waals surface area contributed by atoms with Crippen molar-refractivity contribution in [3.8, 4) is 0 Å². The zero-order valence-electron chi connectivity index (χ0n) is 20.2. The number of aromatic nitrogens is 2. The standard InChI is InChI=1S/C21H33N5O5S3/c1-7-26(8-2)34(29,30)21-18(27)15(11-32-21)22-19-20(25-33(28)24-19)23-17(13(5)6)16-9-14(10-31-16)12(3)4/h9-10,12-13,15,17,27H,7-8,11H2,1-6H3,(H,22,24)(H,23,25)/t15?,17-,33?/m1/s1. The van der Waals surface area contributed by atoms with Crippen molar-refractivity contribution < 1.29 is 22.5 Å². The van der Waals surface area contributed by atoms with Crippen molar-refractivity contribution in [1.82, 2.24) is 13.1 Å². The first kappa shape index (κ1) is 26.8. The number of nitrogens with one attached hydrogen (secondary N) is 2. The number of H-pyrrole nitrogens is 2. The van der Waals surface area contributed by atoms with E-state index >= 15 is 0 Å². The minimum Gasteiger partial charge on any atom is -0.549 e. The maximum absolute atomic E-state index is 12.9. The van der Waals surface area contributed by atoms with Gasteiger partial charge in [0, 0.05) is 18.8 Å². The van der Waals surface area contributed by atoms with Crippen molar-refractivity contribution >= 4 is 32.9 Å². The first-order valence-corrected chi connectivity index (χ1v) is 14.8. The highest BCUT2D eigenvalue weighted by molar-refractivity contribution is 8.18. The van der Waals surface area contributed by atoms with Gasteiger partial charge in [-0.1, -0.05) is 41.5 Å². The van der Waals surface area contributed by atoms with Gasteiger partial charge in [-0.2, -0.15) is 13.1 Å². The molecular formula is C21H33N5O5S3. The topological polar surface area (TPSA) is 150 Å². The molecule has 34 heavy (non-hydrogen) atoms. The molecule has 0 bridgehead atoms. The molecule has 3 heterocycles. The number of hydrogen-bond acceptors (Lipinski definition) is 8. The van der Waals surface area contributed by atoms with E-state index in [1.54, 1.807) is 20.1 Å². The Morgan fingerprint density at radius 2 is 1.91 bits per heavy atom. The fourth-order valence-electron chi connectivity index (χ4n) is 3.56. The van der Waals surface area contributed by atoms with Crippen LogP contribution in [-0.2, 0) is 10.0 Å². The predicted molar refractivity (Wildman–Crippen MR) is 133 cm³/mol. The first-order chi connectivity index (χ1) is 16.0. The summed E-state index contributed by atoms with van der Waals surface area (Å²) in [5.74, 6) is 1.02. The van der Waals surface area contributed by atoms with Gasteiger partial charge < -0.3 is 14.1 Å². The van der Waals surface area contributed by atoms with Gasteiger partial charge in [-0.3, -0.25) is 0 Å². The Bertz CT molecular complexity index is 1260. The maximum atomic E-state index is 12.9. The second-order valence-corrected chi connectivity index (χ2v) is 12.8. The molecule has 2 unspecified atom stereocenters. The fourth-order valence-corrected chi connectivity index (χ4v) is 7.52. The Morgan fingerprint density at radius 1 is 1.26 bits per heavy atom. The summed E-state index contributed by atoms with van der Waals surface area (Å²) >= 11 is -0.596. The van der Waals surface area contributed by atoms with E-state index in [0.717, 1.165) is 17.3 Å². The zero-order chi connectivity index (χ0) is 25.2. The number of hydrogen-bond donors (Lipinski definition) is 3. The quantitative estimate of drug-likeness (QED) is 0.422. The molecule has 2 aromatic rings. The van der Waals surface area contributed by atoms with Crippen molar-refractivity contribution in [3.05, 3.63) is 44.6 Å². The van der Waals surface area contributed by atoms with E-state index in [1.165, 1.54) is 4.31 Å². The minimum absolute atomic E-state index is 0.0805. The number of aromatic amines is 2. The summed E-state index contributed by atoms with van der Waals surface area (Å²) in [4.78, 5) is 9.21. The van der Waals surface area contributed by atoms with E-state index in [2.05, 4.69) is 27.6 Å².